The zero-order valence-electron chi connectivity index (χ0n) is 15.6. The number of aryl methyl sites for hydroxylation is 1. The van der Waals surface area contributed by atoms with E-state index in [0.717, 1.165) is 11.1 Å². The van der Waals surface area contributed by atoms with E-state index in [-0.39, 0.29) is 24.8 Å². The molecule has 6 nitrogen and oxygen atoms in total. The number of ether oxygens (including phenoxy) is 2. The molecule has 0 bridgehead atoms. The van der Waals surface area contributed by atoms with E-state index in [2.05, 4.69) is 10.6 Å². The van der Waals surface area contributed by atoms with Gasteiger partial charge in [0.2, 0.25) is 11.8 Å². The molecule has 0 aromatic heterocycles. The van der Waals surface area contributed by atoms with E-state index < -0.39 is 0 Å². The Morgan fingerprint density at radius 1 is 1.04 bits per heavy atom. The number of hydrogen-bond acceptors (Lipinski definition) is 4. The fourth-order valence-electron chi connectivity index (χ4n) is 2.50. The molecule has 0 spiro atoms. The molecule has 0 aliphatic rings. The number of nitrogens with one attached hydrogen (secondary N) is 2. The topological polar surface area (TPSA) is 76.7 Å². The van der Waals surface area contributed by atoms with Gasteiger partial charge >= 0.3 is 0 Å². The number of anilines is 1. The average Bonchev–Trinajstić information content (AvgIpc) is 2.68. The largest absolute Gasteiger partial charge is 0.493 e. The molecule has 0 unspecified atom stereocenters. The highest BCUT2D eigenvalue weighted by molar-refractivity contribution is 6.31. The number of halogens is 1. The Kier molecular flexibility index (Phi) is 7.49. The molecule has 2 aromatic carbocycles. The SMILES string of the molecule is COc1ccc(CCC(=O)NCC(=O)Nc2cccc(Cl)c2C)cc1OC. The van der Waals surface area contributed by atoms with Crippen LogP contribution in [0.15, 0.2) is 36.4 Å². The third kappa shape index (κ3) is 5.89. The van der Waals surface area contributed by atoms with Gasteiger partial charge in [-0.15, -0.1) is 0 Å². The summed E-state index contributed by atoms with van der Waals surface area (Å²) in [7, 11) is 3.13. The summed E-state index contributed by atoms with van der Waals surface area (Å²) in [5.41, 5.74) is 2.36. The Labute approximate surface area is 163 Å². The minimum absolute atomic E-state index is 0.100. The molecule has 144 valence electrons. The highest BCUT2D eigenvalue weighted by atomic mass is 35.5. The van der Waals surface area contributed by atoms with Crippen molar-refractivity contribution in [3.63, 3.8) is 0 Å². The number of hydrogen-bond donors (Lipinski definition) is 2. The van der Waals surface area contributed by atoms with Crippen molar-refractivity contribution in [2.45, 2.75) is 19.8 Å². The average molecular weight is 391 g/mol. The van der Waals surface area contributed by atoms with Crippen LogP contribution < -0.4 is 20.1 Å². The highest BCUT2D eigenvalue weighted by Gasteiger charge is 2.10. The molecule has 7 heteroatoms. The van der Waals surface area contributed by atoms with E-state index in [4.69, 9.17) is 21.1 Å². The molecule has 0 heterocycles. The second kappa shape index (κ2) is 9.83. The van der Waals surface area contributed by atoms with Gasteiger partial charge in [-0.2, -0.15) is 0 Å². The van der Waals surface area contributed by atoms with Crippen molar-refractivity contribution in [2.75, 3.05) is 26.1 Å². The summed E-state index contributed by atoms with van der Waals surface area (Å²) in [6.07, 6.45) is 0.792. The van der Waals surface area contributed by atoms with Crippen LogP contribution in [0, 0.1) is 6.92 Å². The molecule has 0 fully saturated rings. The van der Waals surface area contributed by atoms with Crippen LogP contribution in [0.4, 0.5) is 5.69 Å². The minimum Gasteiger partial charge on any atom is -0.493 e. The zero-order valence-corrected chi connectivity index (χ0v) is 16.4. The van der Waals surface area contributed by atoms with Crippen LogP contribution in [0.5, 0.6) is 11.5 Å². The summed E-state index contributed by atoms with van der Waals surface area (Å²) in [6.45, 7) is 1.72. The number of methoxy groups -OCH3 is 2. The van der Waals surface area contributed by atoms with E-state index in [1.54, 1.807) is 38.5 Å². The third-order valence-electron chi connectivity index (χ3n) is 4.08. The van der Waals surface area contributed by atoms with E-state index >= 15 is 0 Å². The summed E-state index contributed by atoms with van der Waals surface area (Å²) < 4.78 is 10.4. The summed E-state index contributed by atoms with van der Waals surface area (Å²) in [5.74, 6) is 0.743. The number of amides is 2. The lowest BCUT2D eigenvalue weighted by molar-refractivity contribution is -0.124. The van der Waals surface area contributed by atoms with Crippen molar-refractivity contribution >= 4 is 29.1 Å². The van der Waals surface area contributed by atoms with Crippen molar-refractivity contribution < 1.29 is 19.1 Å². The number of carbonyl (C=O) groups is 2. The van der Waals surface area contributed by atoms with Crippen LogP contribution in [0.25, 0.3) is 0 Å². The second-order valence-electron chi connectivity index (χ2n) is 5.93. The summed E-state index contributed by atoms with van der Waals surface area (Å²) in [6, 6.07) is 10.8. The van der Waals surface area contributed by atoms with E-state index in [1.165, 1.54) is 0 Å². The maximum Gasteiger partial charge on any atom is 0.243 e. The lowest BCUT2D eigenvalue weighted by Crippen LogP contribution is -2.33. The molecule has 2 rings (SSSR count). The van der Waals surface area contributed by atoms with E-state index in [0.29, 0.717) is 28.6 Å². The Morgan fingerprint density at radius 3 is 2.48 bits per heavy atom. The third-order valence-corrected chi connectivity index (χ3v) is 4.49. The molecular weight excluding hydrogens is 368 g/mol. The van der Waals surface area contributed by atoms with Crippen molar-refractivity contribution in [3.05, 3.63) is 52.5 Å². The quantitative estimate of drug-likeness (QED) is 0.724. The second-order valence-corrected chi connectivity index (χ2v) is 6.33. The van der Waals surface area contributed by atoms with Crippen LogP contribution in [0.1, 0.15) is 17.5 Å². The van der Waals surface area contributed by atoms with Crippen LogP contribution in [-0.4, -0.2) is 32.6 Å². The van der Waals surface area contributed by atoms with Gasteiger partial charge in [-0.25, -0.2) is 0 Å². The van der Waals surface area contributed by atoms with Crippen molar-refractivity contribution in [3.8, 4) is 11.5 Å². The van der Waals surface area contributed by atoms with Crippen LogP contribution in [0.2, 0.25) is 5.02 Å². The normalized spacial score (nSPS) is 10.2. The van der Waals surface area contributed by atoms with E-state index in [1.807, 2.05) is 19.1 Å². The van der Waals surface area contributed by atoms with Gasteiger partial charge in [-0.05, 0) is 48.7 Å². The Hall–Kier alpha value is -2.73. The number of carbonyl (C=O) groups excluding carboxylic acids is 2. The molecule has 2 amide bonds. The van der Waals surface area contributed by atoms with Gasteiger partial charge in [0.05, 0.1) is 20.8 Å². The van der Waals surface area contributed by atoms with Crippen LogP contribution >= 0.6 is 11.6 Å². The van der Waals surface area contributed by atoms with Crippen LogP contribution in [-0.2, 0) is 16.0 Å². The zero-order chi connectivity index (χ0) is 19.8. The highest BCUT2D eigenvalue weighted by Crippen LogP contribution is 2.28. The van der Waals surface area contributed by atoms with Crippen molar-refractivity contribution in [1.29, 1.82) is 0 Å². The molecule has 27 heavy (non-hydrogen) atoms. The fourth-order valence-corrected chi connectivity index (χ4v) is 2.67. The van der Waals surface area contributed by atoms with E-state index in [9.17, 15) is 9.59 Å². The molecular formula is C20H23ClN2O4. The predicted molar refractivity (Wildman–Crippen MR) is 106 cm³/mol. The monoisotopic (exact) mass is 390 g/mol. The first-order chi connectivity index (χ1) is 12.9. The maximum absolute atomic E-state index is 12.0. The number of rotatable bonds is 8. The lowest BCUT2D eigenvalue weighted by atomic mass is 10.1. The lowest BCUT2D eigenvalue weighted by Gasteiger charge is -2.11. The first-order valence-corrected chi connectivity index (χ1v) is 8.85. The minimum atomic E-state index is -0.306. The predicted octanol–water partition coefficient (Wildman–Crippen LogP) is 3.35. The molecule has 0 aliphatic carbocycles. The first-order valence-electron chi connectivity index (χ1n) is 8.47. The molecule has 0 radical (unpaired) electrons. The maximum atomic E-state index is 12.0. The summed E-state index contributed by atoms with van der Waals surface area (Å²) >= 11 is 6.03. The Balaban J connectivity index is 1.80. The standard InChI is InChI=1S/C20H23ClN2O4/c1-13-15(21)5-4-6-16(13)23-20(25)12-22-19(24)10-8-14-7-9-17(26-2)18(11-14)27-3/h4-7,9,11H,8,10,12H2,1-3H3,(H,22,24)(H,23,25). The van der Waals surface area contributed by atoms with Gasteiger partial charge in [0.25, 0.3) is 0 Å². The molecule has 0 saturated carbocycles. The van der Waals surface area contributed by atoms with Gasteiger partial charge in [0.15, 0.2) is 11.5 Å². The Bertz CT molecular complexity index is 824. The van der Waals surface area contributed by atoms with Gasteiger partial charge in [-0.1, -0.05) is 23.7 Å². The van der Waals surface area contributed by atoms with Crippen molar-refractivity contribution in [2.24, 2.45) is 0 Å². The van der Waals surface area contributed by atoms with Gasteiger partial charge in [0, 0.05) is 17.1 Å². The smallest absolute Gasteiger partial charge is 0.243 e. The number of benzene rings is 2. The summed E-state index contributed by atoms with van der Waals surface area (Å²) in [5, 5.41) is 5.93. The Morgan fingerprint density at radius 2 is 1.78 bits per heavy atom. The molecule has 0 atom stereocenters. The molecule has 0 saturated heterocycles. The van der Waals surface area contributed by atoms with Gasteiger partial charge in [0.1, 0.15) is 0 Å². The summed E-state index contributed by atoms with van der Waals surface area (Å²) in [4.78, 5) is 24.0. The van der Waals surface area contributed by atoms with Gasteiger partial charge < -0.3 is 20.1 Å². The molecule has 2 N–H and O–H groups in total. The first kappa shape index (κ1) is 20.6. The van der Waals surface area contributed by atoms with Crippen LogP contribution in [0.3, 0.4) is 0 Å². The van der Waals surface area contributed by atoms with Crippen molar-refractivity contribution in [1.82, 2.24) is 5.32 Å². The molecule has 2 aromatic rings. The fraction of sp³-hybridized carbons (Fsp3) is 0.300. The van der Waals surface area contributed by atoms with Gasteiger partial charge in [-0.3, -0.25) is 9.59 Å². The molecule has 0 aliphatic heterocycles.